The molecule has 4 rings (SSSR count). The number of amides is 3. The molecule has 0 atom stereocenters. The van der Waals surface area contributed by atoms with E-state index in [1.165, 1.54) is 12.0 Å². The molecule has 0 spiro atoms. The van der Waals surface area contributed by atoms with Gasteiger partial charge in [0, 0.05) is 24.2 Å². The van der Waals surface area contributed by atoms with E-state index in [-0.39, 0.29) is 29.8 Å². The smallest absolute Gasteiger partial charge is 0.353 e. The lowest BCUT2D eigenvalue weighted by molar-refractivity contribution is -0.137. The van der Waals surface area contributed by atoms with Gasteiger partial charge >= 0.3 is 5.97 Å². The van der Waals surface area contributed by atoms with Crippen molar-refractivity contribution < 1.29 is 23.9 Å². The summed E-state index contributed by atoms with van der Waals surface area (Å²) in [6.45, 7) is 8.91. The minimum Gasteiger partial charge on any atom is -0.464 e. The van der Waals surface area contributed by atoms with E-state index < -0.39 is 11.9 Å². The highest BCUT2D eigenvalue weighted by Gasteiger charge is 2.33. The van der Waals surface area contributed by atoms with Gasteiger partial charge in [-0.25, -0.2) is 4.79 Å². The van der Waals surface area contributed by atoms with E-state index >= 15 is 0 Å². The summed E-state index contributed by atoms with van der Waals surface area (Å²) in [5.41, 5.74) is 3.19. The van der Waals surface area contributed by atoms with Crippen molar-refractivity contribution in [2.24, 2.45) is 0 Å². The van der Waals surface area contributed by atoms with Crippen LogP contribution in [0, 0.1) is 0 Å². The van der Waals surface area contributed by atoms with Crippen molar-refractivity contribution in [1.82, 2.24) is 15.1 Å². The summed E-state index contributed by atoms with van der Waals surface area (Å²) < 4.78 is 4.52. The number of nitrogens with zero attached hydrogens (tertiary/aromatic N) is 2. The first-order valence-corrected chi connectivity index (χ1v) is 10.9. The molecule has 8 nitrogen and oxygen atoms in total. The van der Waals surface area contributed by atoms with Crippen LogP contribution in [0.3, 0.4) is 0 Å². The van der Waals surface area contributed by atoms with Gasteiger partial charge in [-0.2, -0.15) is 0 Å². The van der Waals surface area contributed by atoms with Crippen LogP contribution >= 0.6 is 0 Å². The van der Waals surface area contributed by atoms with Crippen LogP contribution in [0.2, 0.25) is 0 Å². The van der Waals surface area contributed by atoms with Crippen molar-refractivity contribution in [2.45, 2.75) is 19.4 Å². The van der Waals surface area contributed by atoms with E-state index in [4.69, 9.17) is 0 Å². The average Bonchev–Trinajstić information content (AvgIpc) is 3.51. The third-order valence-corrected chi connectivity index (χ3v) is 6.09. The number of nitrogens with one attached hydrogen (secondary N) is 1. The van der Waals surface area contributed by atoms with Crippen LogP contribution in [0.15, 0.2) is 67.0 Å². The van der Waals surface area contributed by atoms with E-state index in [2.05, 4.69) is 23.2 Å². The number of ether oxygens (including phenoxy) is 1. The molecule has 2 aromatic rings. The molecule has 34 heavy (non-hydrogen) atoms. The maximum Gasteiger partial charge on any atom is 0.353 e. The fourth-order valence-corrected chi connectivity index (χ4v) is 4.22. The Kier molecular flexibility index (Phi) is 6.32. The van der Waals surface area contributed by atoms with Gasteiger partial charge in [0.25, 0.3) is 17.7 Å². The standard InChI is InChI=1S/C26H25N3O5/c1-16(26(33)34-3)27-23(30)17(2)29-15-22-20(7-6-8-21(22)25(29)32)18-9-11-19(12-10-18)24(31)28-13-4-5-14-28/h6-12H,1-2,4-5,13-15H2,3H3,(H,27,30). The second-order valence-corrected chi connectivity index (χ2v) is 8.17. The Morgan fingerprint density at radius 3 is 2.26 bits per heavy atom. The van der Waals surface area contributed by atoms with Gasteiger partial charge in [0.1, 0.15) is 11.4 Å². The molecule has 2 heterocycles. The summed E-state index contributed by atoms with van der Waals surface area (Å²) in [4.78, 5) is 52.8. The summed E-state index contributed by atoms with van der Waals surface area (Å²) in [5, 5.41) is 2.30. The Bertz CT molecular complexity index is 1210. The summed E-state index contributed by atoms with van der Waals surface area (Å²) >= 11 is 0. The Balaban J connectivity index is 1.54. The lowest BCUT2D eigenvalue weighted by Gasteiger charge is -2.18. The monoisotopic (exact) mass is 459 g/mol. The summed E-state index contributed by atoms with van der Waals surface area (Å²) in [7, 11) is 1.17. The molecular formula is C26H25N3O5. The van der Waals surface area contributed by atoms with E-state index in [0.717, 1.165) is 42.6 Å². The second kappa shape index (κ2) is 9.35. The molecule has 2 aliphatic heterocycles. The first-order chi connectivity index (χ1) is 16.3. The number of rotatable bonds is 6. The third kappa shape index (κ3) is 4.22. The first-order valence-electron chi connectivity index (χ1n) is 10.9. The van der Waals surface area contributed by atoms with E-state index in [1.807, 2.05) is 23.1 Å². The van der Waals surface area contributed by atoms with E-state index in [1.54, 1.807) is 24.3 Å². The van der Waals surface area contributed by atoms with Crippen LogP contribution < -0.4 is 5.32 Å². The maximum atomic E-state index is 13.0. The predicted molar refractivity (Wildman–Crippen MR) is 125 cm³/mol. The van der Waals surface area contributed by atoms with Gasteiger partial charge in [-0.15, -0.1) is 0 Å². The first kappa shape index (κ1) is 23.0. The fourth-order valence-electron chi connectivity index (χ4n) is 4.22. The van der Waals surface area contributed by atoms with Crippen LogP contribution in [0.1, 0.15) is 39.1 Å². The van der Waals surface area contributed by atoms with Gasteiger partial charge in [-0.1, -0.05) is 37.4 Å². The quantitative estimate of drug-likeness (QED) is 0.529. The number of likely N-dealkylation sites (tertiary alicyclic amines) is 1. The average molecular weight is 460 g/mol. The van der Waals surface area contributed by atoms with E-state index in [0.29, 0.717) is 11.1 Å². The molecule has 2 aliphatic rings. The molecule has 1 N–H and O–H groups in total. The summed E-state index contributed by atoms with van der Waals surface area (Å²) in [5.74, 6) is -1.84. The number of carbonyl (C=O) groups excluding carboxylic acids is 4. The van der Waals surface area contributed by atoms with Gasteiger partial charge in [0.2, 0.25) is 0 Å². The molecule has 3 amide bonds. The number of hydrogen-bond donors (Lipinski definition) is 1. The van der Waals surface area contributed by atoms with Gasteiger partial charge < -0.3 is 15.0 Å². The lowest BCUT2D eigenvalue weighted by Crippen LogP contribution is -2.36. The Morgan fingerprint density at radius 1 is 0.971 bits per heavy atom. The molecule has 1 fully saturated rings. The Hall–Kier alpha value is -4.20. The van der Waals surface area contributed by atoms with Gasteiger partial charge in [0.05, 0.1) is 13.7 Å². The zero-order chi connectivity index (χ0) is 24.4. The molecule has 174 valence electrons. The van der Waals surface area contributed by atoms with Crippen molar-refractivity contribution in [3.05, 3.63) is 83.7 Å². The normalized spacial score (nSPS) is 14.6. The zero-order valence-electron chi connectivity index (χ0n) is 18.9. The number of benzene rings is 2. The number of hydrogen-bond acceptors (Lipinski definition) is 5. The highest BCUT2D eigenvalue weighted by atomic mass is 16.5. The van der Waals surface area contributed by atoms with Crippen molar-refractivity contribution in [1.29, 1.82) is 0 Å². The second-order valence-electron chi connectivity index (χ2n) is 8.17. The van der Waals surface area contributed by atoms with Crippen LogP contribution in [-0.2, 0) is 20.9 Å². The highest BCUT2D eigenvalue weighted by Crippen LogP contribution is 2.34. The Morgan fingerprint density at radius 2 is 1.62 bits per heavy atom. The van der Waals surface area contributed by atoms with E-state index in [9.17, 15) is 19.2 Å². The molecular weight excluding hydrogens is 434 g/mol. The van der Waals surface area contributed by atoms with Crippen molar-refractivity contribution in [2.75, 3.05) is 20.2 Å². The lowest BCUT2D eigenvalue weighted by atomic mass is 9.96. The molecule has 1 saturated heterocycles. The van der Waals surface area contributed by atoms with Crippen molar-refractivity contribution >= 4 is 23.7 Å². The fraction of sp³-hybridized carbons (Fsp3) is 0.231. The van der Waals surface area contributed by atoms with Crippen LogP contribution in [-0.4, -0.2) is 53.7 Å². The van der Waals surface area contributed by atoms with Gasteiger partial charge in [-0.3, -0.25) is 19.3 Å². The molecule has 0 aliphatic carbocycles. The maximum absolute atomic E-state index is 13.0. The molecule has 2 aromatic carbocycles. The topological polar surface area (TPSA) is 96.0 Å². The molecule has 0 saturated carbocycles. The summed E-state index contributed by atoms with van der Waals surface area (Å²) in [6, 6.07) is 12.7. The third-order valence-electron chi connectivity index (χ3n) is 6.09. The molecule has 0 aromatic heterocycles. The number of carbonyl (C=O) groups is 4. The SMILES string of the molecule is C=C(NC(=O)C(=C)N1Cc2c(cccc2-c2ccc(C(=O)N3CCCC3)cc2)C1=O)C(=O)OC. The molecule has 8 heteroatoms. The highest BCUT2D eigenvalue weighted by molar-refractivity contribution is 6.08. The van der Waals surface area contributed by atoms with Crippen LogP contribution in [0.4, 0.5) is 0 Å². The molecule has 0 unspecified atom stereocenters. The zero-order valence-corrected chi connectivity index (χ0v) is 18.9. The number of fused-ring (bicyclic) bond motifs is 1. The van der Waals surface area contributed by atoms with Crippen molar-refractivity contribution in [3.8, 4) is 11.1 Å². The van der Waals surface area contributed by atoms with Gasteiger partial charge in [-0.05, 0) is 47.7 Å². The minimum atomic E-state index is -0.786. The number of methoxy groups -OCH3 is 1. The summed E-state index contributed by atoms with van der Waals surface area (Å²) in [6.07, 6.45) is 2.06. The predicted octanol–water partition coefficient (Wildman–Crippen LogP) is 2.86. The van der Waals surface area contributed by atoms with Crippen LogP contribution in [0.25, 0.3) is 11.1 Å². The largest absolute Gasteiger partial charge is 0.464 e. The van der Waals surface area contributed by atoms with Gasteiger partial charge in [0.15, 0.2) is 0 Å². The molecule has 0 radical (unpaired) electrons. The minimum absolute atomic E-state index is 0.0274. The van der Waals surface area contributed by atoms with Crippen LogP contribution in [0.5, 0.6) is 0 Å². The van der Waals surface area contributed by atoms with Crippen molar-refractivity contribution in [3.63, 3.8) is 0 Å². The molecule has 0 bridgehead atoms. The Labute approximate surface area is 197 Å². The number of esters is 1.